The molecule has 2 aromatic heterocycles. The molecule has 2 heterocycles. The number of hydrogen-bond donors (Lipinski definition) is 0. The Morgan fingerprint density at radius 1 is 0.842 bits per heavy atom. The fourth-order valence-electron chi connectivity index (χ4n) is 1.73. The summed E-state index contributed by atoms with van der Waals surface area (Å²) in [5.74, 6) is 0. The molecule has 0 aromatic carbocycles. The van der Waals surface area contributed by atoms with Gasteiger partial charge in [0.25, 0.3) is 0 Å². The van der Waals surface area contributed by atoms with Gasteiger partial charge in [-0.05, 0) is 0 Å². The van der Waals surface area contributed by atoms with Gasteiger partial charge < -0.3 is 0 Å². The van der Waals surface area contributed by atoms with E-state index < -0.39 is 12.4 Å². The van der Waals surface area contributed by atoms with Gasteiger partial charge in [0.2, 0.25) is 0 Å². The van der Waals surface area contributed by atoms with Gasteiger partial charge >= 0.3 is 117 Å². The van der Waals surface area contributed by atoms with Gasteiger partial charge in [-0.3, -0.25) is 0 Å². The van der Waals surface area contributed by atoms with Crippen molar-refractivity contribution in [2.24, 2.45) is 0 Å². The van der Waals surface area contributed by atoms with Crippen molar-refractivity contribution >= 4 is 9.33 Å². The zero-order chi connectivity index (χ0) is 13.6. The summed E-state index contributed by atoms with van der Waals surface area (Å²) in [5.41, 5.74) is 0. The molecule has 3 heteroatoms. The van der Waals surface area contributed by atoms with Crippen LogP contribution in [0.15, 0.2) is 74.1 Å². The first-order chi connectivity index (χ1) is 9.33. The van der Waals surface area contributed by atoms with Gasteiger partial charge in [0, 0.05) is 0 Å². The number of aromatic nitrogens is 2. The van der Waals surface area contributed by atoms with Crippen LogP contribution in [0.3, 0.4) is 0 Å². The minimum atomic E-state index is -1.44. The summed E-state index contributed by atoms with van der Waals surface area (Å²) in [7, 11) is 0. The minimum absolute atomic E-state index is 0.879. The number of pyridine rings is 2. The molecule has 0 aliphatic heterocycles. The summed E-state index contributed by atoms with van der Waals surface area (Å²) in [6, 6.07) is 12.1. The normalized spacial score (nSPS) is 11.8. The molecule has 0 radical (unpaired) electrons. The summed E-state index contributed by atoms with van der Waals surface area (Å²) in [4.78, 5) is 9.14. The second kappa shape index (κ2) is 6.44. The van der Waals surface area contributed by atoms with Crippen LogP contribution in [0.4, 0.5) is 0 Å². The molecule has 0 aliphatic rings. The van der Waals surface area contributed by atoms with Crippen molar-refractivity contribution in [1.29, 1.82) is 0 Å². The van der Waals surface area contributed by atoms with E-state index in [2.05, 4.69) is 35.3 Å². The topological polar surface area (TPSA) is 25.8 Å². The van der Waals surface area contributed by atoms with E-state index in [0.717, 1.165) is 20.1 Å². The number of hydrogen-bond acceptors (Lipinski definition) is 2. The van der Waals surface area contributed by atoms with Crippen molar-refractivity contribution in [2.45, 2.75) is 10.8 Å². The number of rotatable bonds is 6. The zero-order valence-electron chi connectivity index (χ0n) is 10.8. The van der Waals surface area contributed by atoms with Crippen LogP contribution in [-0.2, 0) is 12.4 Å². The Morgan fingerprint density at radius 2 is 1.32 bits per heavy atom. The van der Waals surface area contributed by atoms with Gasteiger partial charge in [-0.1, -0.05) is 0 Å². The molecule has 0 saturated heterocycles. The summed E-state index contributed by atoms with van der Waals surface area (Å²) >= 11 is -1.44. The first kappa shape index (κ1) is 13.7. The van der Waals surface area contributed by atoms with E-state index in [1.165, 1.54) is 0 Å². The van der Waals surface area contributed by atoms with Gasteiger partial charge in [-0.15, -0.1) is 0 Å². The van der Waals surface area contributed by atoms with Crippen molar-refractivity contribution in [1.82, 2.24) is 9.97 Å². The molecule has 0 N–H and O–H groups in total. The van der Waals surface area contributed by atoms with Crippen molar-refractivity contribution in [3.63, 3.8) is 0 Å². The molecule has 0 bridgehead atoms. The Bertz CT molecular complexity index is 486. The molecule has 102 valence electrons. The van der Waals surface area contributed by atoms with Gasteiger partial charge in [0.05, 0.1) is 0 Å². The van der Waals surface area contributed by atoms with Gasteiger partial charge in [-0.25, -0.2) is 0 Å². The van der Waals surface area contributed by atoms with E-state index in [0.29, 0.717) is 0 Å². The molecule has 0 amide bonds. The van der Waals surface area contributed by atoms with E-state index in [9.17, 15) is 0 Å². The average Bonchev–Trinajstić information content (AvgIpc) is 2.49. The van der Waals surface area contributed by atoms with Crippen molar-refractivity contribution < 1.29 is 12.4 Å². The molecular formula is C16H18N2Ni. The molecule has 2 nitrogen and oxygen atoms in total. The monoisotopic (exact) mass is 296 g/mol. The first-order valence-corrected chi connectivity index (χ1v) is 8.32. The Hall–Kier alpha value is -1.73. The molecule has 2 rings (SSSR count). The van der Waals surface area contributed by atoms with Crippen molar-refractivity contribution in [3.05, 3.63) is 74.1 Å². The summed E-state index contributed by atoms with van der Waals surface area (Å²) in [6.45, 7) is 7.82. The van der Waals surface area contributed by atoms with E-state index in [4.69, 9.17) is 0 Å². The van der Waals surface area contributed by atoms with Gasteiger partial charge in [-0.2, -0.15) is 0 Å². The van der Waals surface area contributed by atoms with Crippen LogP contribution in [-0.4, -0.2) is 9.97 Å². The van der Waals surface area contributed by atoms with E-state index >= 15 is 0 Å². The Balaban J connectivity index is 2.60. The van der Waals surface area contributed by atoms with Gasteiger partial charge in [0.15, 0.2) is 0 Å². The van der Waals surface area contributed by atoms with Crippen LogP contribution < -0.4 is 9.33 Å². The summed E-state index contributed by atoms with van der Waals surface area (Å²) in [5, 5.41) is 1.76. The molecule has 0 spiro atoms. The maximum absolute atomic E-state index is 4.57. The molecule has 2 aromatic rings. The molecule has 0 saturated carbocycles. The van der Waals surface area contributed by atoms with Crippen molar-refractivity contribution in [3.8, 4) is 0 Å². The predicted octanol–water partition coefficient (Wildman–Crippen LogP) is 2.79. The molecule has 0 unspecified atom stereocenters. The van der Waals surface area contributed by atoms with E-state index in [-0.39, 0.29) is 0 Å². The first-order valence-electron chi connectivity index (χ1n) is 5.94. The maximum atomic E-state index is 4.57. The van der Waals surface area contributed by atoms with Crippen LogP contribution in [0.1, 0.15) is 0 Å². The Labute approximate surface area is 117 Å². The zero-order valence-corrected chi connectivity index (χ0v) is 11.8. The van der Waals surface area contributed by atoms with Crippen LogP contribution in [0.2, 0.25) is 10.8 Å². The average molecular weight is 297 g/mol. The molecule has 0 aliphatic carbocycles. The second-order valence-electron chi connectivity index (χ2n) is 3.76. The second-order valence-corrected chi connectivity index (χ2v) is 7.72. The van der Waals surface area contributed by atoms with E-state index in [1.54, 1.807) is 0 Å². The third kappa shape index (κ3) is 2.82. The predicted molar refractivity (Wildman–Crippen MR) is 77.8 cm³/mol. The van der Waals surface area contributed by atoms with Crippen LogP contribution in [0.5, 0.6) is 0 Å². The quantitative estimate of drug-likeness (QED) is 0.605. The SMILES string of the molecule is C=C[CH2][Ni]([CH2]C=C)([c]1ccccn1)[c]1ccccn1. The molecule has 0 atom stereocenters. The standard InChI is InChI=1S/2C5H4N.2C3H5.Ni/c2*1-2-4-6-5-3-1;2*1-3-2;/h2*1-4H;2*3H,1-2H2;. The third-order valence-electron chi connectivity index (χ3n) is 2.46. The summed E-state index contributed by atoms with van der Waals surface area (Å²) < 4.78 is 2.20. The third-order valence-corrected chi connectivity index (χ3v) is 6.93. The van der Waals surface area contributed by atoms with Crippen LogP contribution in [0, 0.1) is 0 Å². The Morgan fingerprint density at radius 3 is 1.63 bits per heavy atom. The van der Waals surface area contributed by atoms with Gasteiger partial charge in [0.1, 0.15) is 0 Å². The molecule has 0 fully saturated rings. The number of allylic oxidation sites excluding steroid dienone is 2. The molecule has 19 heavy (non-hydrogen) atoms. The Kier molecular flexibility index (Phi) is 4.65. The number of nitrogens with zero attached hydrogens (tertiary/aromatic N) is 2. The summed E-state index contributed by atoms with van der Waals surface area (Å²) in [6.07, 6.45) is 7.61. The van der Waals surface area contributed by atoms with Crippen LogP contribution >= 0.6 is 0 Å². The van der Waals surface area contributed by atoms with Crippen molar-refractivity contribution in [2.75, 3.05) is 0 Å². The van der Waals surface area contributed by atoms with E-state index in [1.807, 2.05) is 48.8 Å². The van der Waals surface area contributed by atoms with Crippen LogP contribution in [0.25, 0.3) is 0 Å². The fraction of sp³-hybridized carbons (Fsp3) is 0.125. The molecular weight excluding hydrogens is 279 g/mol. The fourth-order valence-corrected chi connectivity index (χ4v) is 5.41.